The van der Waals surface area contributed by atoms with Crippen LogP contribution in [0.5, 0.6) is 0 Å². The summed E-state index contributed by atoms with van der Waals surface area (Å²) < 4.78 is 0. The van der Waals surface area contributed by atoms with Gasteiger partial charge in [0.15, 0.2) is 0 Å². The van der Waals surface area contributed by atoms with Crippen LogP contribution in [0, 0.1) is 6.92 Å². The lowest BCUT2D eigenvalue weighted by Gasteiger charge is -2.37. The second-order valence-electron chi connectivity index (χ2n) is 8.65. The topological polar surface area (TPSA) is 35.6 Å². The minimum Gasteiger partial charge on any atom is -0.369 e. The second kappa shape index (κ2) is 8.99. The van der Waals surface area contributed by atoms with Gasteiger partial charge in [-0.05, 0) is 68.1 Å². The van der Waals surface area contributed by atoms with Crippen molar-refractivity contribution in [2.24, 2.45) is 0 Å². The molecule has 4 rings (SSSR count). The predicted octanol–water partition coefficient (Wildman–Crippen LogP) is 5.24. The molecule has 0 spiro atoms. The molecular formula is C25H32ClN3O. The third-order valence-corrected chi connectivity index (χ3v) is 7.16. The molecule has 1 fully saturated rings. The summed E-state index contributed by atoms with van der Waals surface area (Å²) in [5, 5.41) is 3.90. The average Bonchev–Trinajstić information content (AvgIpc) is 3.03. The Labute approximate surface area is 185 Å². The molecule has 1 amide bonds. The maximum atomic E-state index is 12.8. The number of rotatable bonds is 7. The predicted molar refractivity (Wildman–Crippen MR) is 126 cm³/mol. The number of amides is 1. The van der Waals surface area contributed by atoms with Crippen LogP contribution < -0.4 is 10.2 Å². The number of aryl methyl sites for hydroxylation is 1. The van der Waals surface area contributed by atoms with Crippen LogP contribution in [0.2, 0.25) is 5.02 Å². The lowest BCUT2D eigenvalue weighted by Crippen LogP contribution is -2.46. The summed E-state index contributed by atoms with van der Waals surface area (Å²) in [6.07, 6.45) is 3.99. The summed E-state index contributed by atoms with van der Waals surface area (Å²) in [5.74, 6) is 0.179. The van der Waals surface area contributed by atoms with Gasteiger partial charge in [0, 0.05) is 42.6 Å². The molecule has 1 saturated heterocycles. The molecule has 160 valence electrons. The van der Waals surface area contributed by atoms with Gasteiger partial charge in [-0.25, -0.2) is 0 Å². The lowest BCUT2D eigenvalue weighted by atomic mass is 9.75. The van der Waals surface area contributed by atoms with Gasteiger partial charge in [-0.1, -0.05) is 43.1 Å². The third kappa shape index (κ3) is 4.08. The van der Waals surface area contributed by atoms with Gasteiger partial charge in [-0.3, -0.25) is 9.69 Å². The van der Waals surface area contributed by atoms with Crippen molar-refractivity contribution in [2.75, 3.05) is 42.9 Å². The van der Waals surface area contributed by atoms with E-state index in [0.29, 0.717) is 0 Å². The third-order valence-electron chi connectivity index (χ3n) is 6.93. The van der Waals surface area contributed by atoms with Crippen molar-refractivity contribution >= 4 is 28.9 Å². The molecule has 2 heterocycles. The first-order chi connectivity index (χ1) is 14.5. The number of piperazine rings is 1. The number of nitrogens with zero attached hydrogens (tertiary/aromatic N) is 2. The number of unbranched alkanes of at least 4 members (excludes halogenated alkanes) is 1. The van der Waals surface area contributed by atoms with E-state index in [9.17, 15) is 4.79 Å². The number of nitrogens with one attached hydrogen (secondary N) is 1. The summed E-state index contributed by atoms with van der Waals surface area (Å²) in [6, 6.07) is 14.4. The van der Waals surface area contributed by atoms with Crippen LogP contribution in [0.1, 0.15) is 43.7 Å². The zero-order valence-corrected chi connectivity index (χ0v) is 18.8. The Morgan fingerprint density at radius 1 is 1.07 bits per heavy atom. The van der Waals surface area contributed by atoms with Gasteiger partial charge in [0.05, 0.1) is 5.41 Å². The first kappa shape index (κ1) is 21.2. The fourth-order valence-electron chi connectivity index (χ4n) is 5.10. The Morgan fingerprint density at radius 3 is 2.57 bits per heavy atom. The molecule has 0 radical (unpaired) electrons. The van der Waals surface area contributed by atoms with E-state index >= 15 is 0 Å². The minimum atomic E-state index is -0.346. The Bertz CT molecular complexity index is 907. The number of fused-ring (bicyclic) bond motifs is 1. The quantitative estimate of drug-likeness (QED) is 0.616. The number of halogens is 1. The van der Waals surface area contributed by atoms with Crippen LogP contribution in [0.15, 0.2) is 42.5 Å². The van der Waals surface area contributed by atoms with E-state index in [1.165, 1.54) is 16.8 Å². The number of anilines is 2. The smallest absolute Gasteiger partial charge is 0.235 e. The van der Waals surface area contributed by atoms with Crippen molar-refractivity contribution in [3.05, 3.63) is 58.6 Å². The van der Waals surface area contributed by atoms with E-state index in [-0.39, 0.29) is 11.3 Å². The first-order valence-electron chi connectivity index (χ1n) is 11.2. The highest BCUT2D eigenvalue weighted by Gasteiger charge is 2.44. The van der Waals surface area contributed by atoms with Gasteiger partial charge in [0.2, 0.25) is 5.91 Å². The SMILES string of the molecule is CCC1(CCCCN2CCN(c3ccc(Cl)cc3C)CC2)C(=O)Nc2ccccc21. The summed E-state index contributed by atoms with van der Waals surface area (Å²) >= 11 is 6.10. The number of hydrogen-bond acceptors (Lipinski definition) is 3. The minimum absolute atomic E-state index is 0.179. The molecule has 4 nitrogen and oxygen atoms in total. The molecule has 1 atom stereocenters. The Morgan fingerprint density at radius 2 is 1.83 bits per heavy atom. The molecule has 30 heavy (non-hydrogen) atoms. The first-order valence-corrected chi connectivity index (χ1v) is 11.6. The number of para-hydroxylation sites is 1. The highest BCUT2D eigenvalue weighted by atomic mass is 35.5. The van der Waals surface area contributed by atoms with Gasteiger partial charge in [-0.2, -0.15) is 0 Å². The number of benzene rings is 2. The molecule has 2 aliphatic rings. The van der Waals surface area contributed by atoms with Gasteiger partial charge in [0.25, 0.3) is 0 Å². The average molecular weight is 426 g/mol. The van der Waals surface area contributed by atoms with Crippen LogP contribution in [0.3, 0.4) is 0 Å². The normalized spacial score (nSPS) is 21.6. The fourth-order valence-corrected chi connectivity index (χ4v) is 5.32. The van der Waals surface area contributed by atoms with Gasteiger partial charge in [-0.15, -0.1) is 0 Å². The van der Waals surface area contributed by atoms with Crippen molar-refractivity contribution in [1.29, 1.82) is 0 Å². The van der Waals surface area contributed by atoms with Crippen LogP contribution in [0.4, 0.5) is 11.4 Å². The zero-order valence-electron chi connectivity index (χ0n) is 18.1. The number of hydrogen-bond donors (Lipinski definition) is 1. The second-order valence-corrected chi connectivity index (χ2v) is 9.09. The molecule has 1 N–H and O–H groups in total. The molecule has 2 aliphatic heterocycles. The van der Waals surface area contributed by atoms with Crippen molar-refractivity contribution in [3.8, 4) is 0 Å². The molecule has 0 bridgehead atoms. The van der Waals surface area contributed by atoms with Gasteiger partial charge < -0.3 is 10.2 Å². The van der Waals surface area contributed by atoms with Crippen molar-refractivity contribution < 1.29 is 4.79 Å². The van der Waals surface area contributed by atoms with E-state index in [4.69, 9.17) is 11.6 Å². The summed E-state index contributed by atoms with van der Waals surface area (Å²) in [4.78, 5) is 17.8. The van der Waals surface area contributed by atoms with Crippen molar-refractivity contribution in [3.63, 3.8) is 0 Å². The zero-order chi connectivity index (χ0) is 21.1. The Hall–Kier alpha value is -2.04. The largest absolute Gasteiger partial charge is 0.369 e. The van der Waals surface area contributed by atoms with Crippen LogP contribution in [0.25, 0.3) is 0 Å². The number of carbonyl (C=O) groups is 1. The van der Waals surface area contributed by atoms with Gasteiger partial charge >= 0.3 is 0 Å². The molecule has 0 aliphatic carbocycles. The van der Waals surface area contributed by atoms with E-state index < -0.39 is 0 Å². The Kier molecular flexibility index (Phi) is 6.35. The highest BCUT2D eigenvalue weighted by molar-refractivity contribution is 6.30. The molecule has 1 unspecified atom stereocenters. The van der Waals surface area contributed by atoms with Crippen LogP contribution >= 0.6 is 11.6 Å². The number of carbonyl (C=O) groups excluding carboxylic acids is 1. The molecule has 2 aromatic carbocycles. The molecule has 5 heteroatoms. The highest BCUT2D eigenvalue weighted by Crippen LogP contribution is 2.43. The molecular weight excluding hydrogens is 394 g/mol. The molecule has 0 aromatic heterocycles. The van der Waals surface area contributed by atoms with Crippen molar-refractivity contribution in [1.82, 2.24) is 4.90 Å². The maximum absolute atomic E-state index is 12.8. The van der Waals surface area contributed by atoms with E-state index in [1.807, 2.05) is 30.3 Å². The fraction of sp³-hybridized carbons (Fsp3) is 0.480. The molecule has 2 aromatic rings. The van der Waals surface area contributed by atoms with E-state index in [2.05, 4.69) is 41.1 Å². The lowest BCUT2D eigenvalue weighted by molar-refractivity contribution is -0.121. The Balaban J connectivity index is 1.26. The standard InChI is InChI=1S/C25H32ClN3O/c1-3-25(21-8-4-5-9-22(21)27-24(25)30)12-6-7-13-28-14-16-29(17-15-28)23-11-10-20(26)18-19(23)2/h4-5,8-11,18H,3,6-7,12-17H2,1-2H3,(H,27,30). The van der Waals surface area contributed by atoms with E-state index in [1.54, 1.807) is 0 Å². The summed E-state index contributed by atoms with van der Waals surface area (Å²) in [5.41, 5.74) is 4.38. The van der Waals surface area contributed by atoms with Crippen LogP contribution in [-0.2, 0) is 10.2 Å². The summed E-state index contributed by atoms with van der Waals surface area (Å²) in [7, 11) is 0. The van der Waals surface area contributed by atoms with E-state index in [0.717, 1.165) is 69.1 Å². The molecule has 0 saturated carbocycles. The van der Waals surface area contributed by atoms with Crippen molar-refractivity contribution in [2.45, 2.75) is 44.9 Å². The summed E-state index contributed by atoms with van der Waals surface area (Å²) in [6.45, 7) is 9.66. The van der Waals surface area contributed by atoms with Gasteiger partial charge in [0.1, 0.15) is 0 Å². The monoisotopic (exact) mass is 425 g/mol. The maximum Gasteiger partial charge on any atom is 0.235 e. The van der Waals surface area contributed by atoms with Crippen LogP contribution in [-0.4, -0.2) is 43.5 Å².